The fourth-order valence-corrected chi connectivity index (χ4v) is 6.61. The van der Waals surface area contributed by atoms with Gasteiger partial charge in [0.15, 0.2) is 12.0 Å². The molecule has 8 N–H and O–H groups in total. The van der Waals surface area contributed by atoms with Crippen molar-refractivity contribution < 1.29 is 32.5 Å². The second kappa shape index (κ2) is 12.0. The predicted molar refractivity (Wildman–Crippen MR) is 148 cm³/mol. The number of benzene rings is 2. The zero-order chi connectivity index (χ0) is 29.1. The molecule has 0 aliphatic carbocycles. The third-order valence-electron chi connectivity index (χ3n) is 7.17. The molecule has 2 saturated heterocycles. The number of hydrogen-bond donors (Lipinski definition) is 5. The molecule has 0 saturated carbocycles. The molecule has 13 heteroatoms. The standard InChI is InChI=1S/C27H39N5O7S/c1-18(2)15-32(40(35,36)21-10-8-20(28)9-11-21)17-27(30,34)26(29,14-19-6-4-3-5-7-19)31-25(33)39-23-16-38-24-22(23)12-13-37-24/h3-11,18,22-24,34H,12-17,28-30H2,1-2H3,(H,31,33)/t22-,23-,24+,26-,27+/m0/s1. The zero-order valence-corrected chi connectivity index (χ0v) is 23.5. The molecule has 4 rings (SSSR count). The summed E-state index contributed by atoms with van der Waals surface area (Å²) >= 11 is 0. The fraction of sp³-hybridized carbons (Fsp3) is 0.519. The topological polar surface area (TPSA) is 192 Å². The van der Waals surface area contributed by atoms with Crippen molar-refractivity contribution in [2.24, 2.45) is 23.3 Å². The molecule has 2 aliphatic rings. The Bertz CT molecular complexity index is 1260. The number of nitrogens with two attached hydrogens (primary N) is 3. The summed E-state index contributed by atoms with van der Waals surface area (Å²) in [6.07, 6.45) is -1.36. The Labute approximate surface area is 234 Å². The smallest absolute Gasteiger partial charge is 0.409 e. The van der Waals surface area contributed by atoms with Gasteiger partial charge in [0.05, 0.1) is 30.6 Å². The van der Waals surface area contributed by atoms with Crippen LogP contribution in [0.25, 0.3) is 0 Å². The van der Waals surface area contributed by atoms with Crippen LogP contribution in [0.4, 0.5) is 10.5 Å². The van der Waals surface area contributed by atoms with Gasteiger partial charge in [0.1, 0.15) is 11.8 Å². The van der Waals surface area contributed by atoms with Crippen molar-refractivity contribution in [2.75, 3.05) is 32.0 Å². The Morgan fingerprint density at radius 2 is 1.82 bits per heavy atom. The Kier molecular flexibility index (Phi) is 9.05. The molecule has 0 radical (unpaired) electrons. The lowest BCUT2D eigenvalue weighted by atomic mass is 9.89. The number of sulfonamides is 1. The molecule has 2 aromatic carbocycles. The number of ether oxygens (including phenoxy) is 3. The van der Waals surface area contributed by atoms with E-state index in [1.54, 1.807) is 24.3 Å². The Morgan fingerprint density at radius 3 is 2.48 bits per heavy atom. The van der Waals surface area contributed by atoms with Gasteiger partial charge < -0.3 is 30.8 Å². The molecule has 0 spiro atoms. The van der Waals surface area contributed by atoms with E-state index in [4.69, 9.17) is 31.4 Å². The van der Waals surface area contributed by atoms with E-state index in [-0.39, 0.29) is 36.3 Å². The number of nitrogens with one attached hydrogen (secondary N) is 1. The third kappa shape index (κ3) is 6.74. The van der Waals surface area contributed by atoms with Gasteiger partial charge in [-0.2, -0.15) is 4.31 Å². The lowest BCUT2D eigenvalue weighted by molar-refractivity contribution is -0.0907. The summed E-state index contributed by atoms with van der Waals surface area (Å²) in [6, 6.07) is 14.6. The van der Waals surface area contributed by atoms with E-state index in [0.717, 1.165) is 4.31 Å². The van der Waals surface area contributed by atoms with Crippen molar-refractivity contribution in [3.8, 4) is 0 Å². The molecule has 0 bridgehead atoms. The molecule has 2 fully saturated rings. The van der Waals surface area contributed by atoms with Gasteiger partial charge in [-0.25, -0.2) is 13.2 Å². The largest absolute Gasteiger partial charge is 0.443 e. The van der Waals surface area contributed by atoms with E-state index < -0.39 is 46.4 Å². The van der Waals surface area contributed by atoms with Crippen molar-refractivity contribution >= 4 is 21.8 Å². The minimum absolute atomic E-state index is 0.0224. The number of rotatable bonds is 11. The van der Waals surface area contributed by atoms with E-state index in [0.29, 0.717) is 24.3 Å². The second-order valence-corrected chi connectivity index (χ2v) is 12.9. The molecule has 5 atom stereocenters. The lowest BCUT2D eigenvalue weighted by Crippen LogP contribution is -2.78. The normalized spacial score (nSPS) is 23.9. The highest BCUT2D eigenvalue weighted by molar-refractivity contribution is 7.89. The molecule has 12 nitrogen and oxygen atoms in total. The number of fused-ring (bicyclic) bond motifs is 1. The van der Waals surface area contributed by atoms with Gasteiger partial charge in [0.25, 0.3) is 0 Å². The van der Waals surface area contributed by atoms with Crippen LogP contribution >= 0.6 is 0 Å². The lowest BCUT2D eigenvalue weighted by Gasteiger charge is -2.44. The van der Waals surface area contributed by atoms with E-state index in [1.807, 2.05) is 19.9 Å². The van der Waals surface area contributed by atoms with Crippen LogP contribution in [-0.2, 0) is 30.7 Å². The van der Waals surface area contributed by atoms with Gasteiger partial charge in [0.2, 0.25) is 10.0 Å². The fourth-order valence-electron chi connectivity index (χ4n) is 4.97. The number of aliphatic hydroxyl groups is 1. The molecular weight excluding hydrogens is 538 g/mol. The summed E-state index contributed by atoms with van der Waals surface area (Å²) in [5, 5.41) is 14.3. The molecule has 2 heterocycles. The number of amides is 1. The number of carbonyl (C=O) groups excluding carboxylic acids is 1. The molecule has 2 aliphatic heterocycles. The van der Waals surface area contributed by atoms with Crippen LogP contribution in [0.5, 0.6) is 0 Å². The molecule has 40 heavy (non-hydrogen) atoms. The number of nitrogens with zero attached hydrogens (tertiary/aromatic N) is 1. The van der Waals surface area contributed by atoms with Crippen molar-refractivity contribution in [3.63, 3.8) is 0 Å². The van der Waals surface area contributed by atoms with Gasteiger partial charge in [-0.1, -0.05) is 44.2 Å². The van der Waals surface area contributed by atoms with Crippen LogP contribution in [0.1, 0.15) is 25.8 Å². The SMILES string of the molecule is CC(C)CN(C[C@@](N)(O)[C@](N)(Cc1ccccc1)NC(=O)O[C@H]1CO[C@H]2OCC[C@H]21)S(=O)(=O)c1ccc(N)cc1. The van der Waals surface area contributed by atoms with Crippen molar-refractivity contribution in [1.82, 2.24) is 9.62 Å². The van der Waals surface area contributed by atoms with Crippen LogP contribution in [0.2, 0.25) is 0 Å². The highest BCUT2D eigenvalue weighted by atomic mass is 32.2. The molecule has 1 amide bonds. The maximum absolute atomic E-state index is 13.6. The van der Waals surface area contributed by atoms with Gasteiger partial charge in [-0.15, -0.1) is 0 Å². The molecule has 220 valence electrons. The average molecular weight is 578 g/mol. The summed E-state index contributed by atoms with van der Waals surface area (Å²) in [5.41, 5.74) is 15.5. The minimum Gasteiger partial charge on any atom is -0.443 e. The summed E-state index contributed by atoms with van der Waals surface area (Å²) in [4.78, 5) is 13.1. The number of hydrogen-bond acceptors (Lipinski definition) is 10. The molecular formula is C27H39N5O7S. The van der Waals surface area contributed by atoms with Crippen molar-refractivity contribution in [3.05, 3.63) is 60.2 Å². The van der Waals surface area contributed by atoms with Crippen LogP contribution < -0.4 is 22.5 Å². The van der Waals surface area contributed by atoms with Gasteiger partial charge in [-0.05, 0) is 42.2 Å². The Hall–Kier alpha value is -2.78. The van der Waals surface area contributed by atoms with E-state index >= 15 is 0 Å². The van der Waals surface area contributed by atoms with Gasteiger partial charge in [0, 0.05) is 18.7 Å². The first kappa shape index (κ1) is 30.2. The maximum Gasteiger partial charge on any atom is 0.409 e. The number of anilines is 1. The number of alkyl carbamates (subject to hydrolysis) is 1. The summed E-state index contributed by atoms with van der Waals surface area (Å²) in [7, 11) is -4.13. The number of nitrogen functional groups attached to an aromatic ring is 1. The summed E-state index contributed by atoms with van der Waals surface area (Å²) < 4.78 is 45.0. The zero-order valence-electron chi connectivity index (χ0n) is 22.7. The summed E-state index contributed by atoms with van der Waals surface area (Å²) in [5.74, 6) is -0.238. The Morgan fingerprint density at radius 1 is 1.15 bits per heavy atom. The van der Waals surface area contributed by atoms with Crippen LogP contribution in [0.15, 0.2) is 59.5 Å². The first-order valence-electron chi connectivity index (χ1n) is 13.2. The molecule has 0 aromatic heterocycles. The van der Waals surface area contributed by atoms with Gasteiger partial charge in [-0.3, -0.25) is 11.1 Å². The van der Waals surface area contributed by atoms with E-state index in [9.17, 15) is 18.3 Å². The van der Waals surface area contributed by atoms with Crippen molar-refractivity contribution in [1.29, 1.82) is 0 Å². The summed E-state index contributed by atoms with van der Waals surface area (Å²) in [6.45, 7) is 3.74. The molecule has 0 unspecified atom stereocenters. The number of carbonyl (C=O) groups is 1. The van der Waals surface area contributed by atoms with Crippen LogP contribution in [0, 0.1) is 11.8 Å². The van der Waals surface area contributed by atoms with Crippen molar-refractivity contribution in [2.45, 2.75) is 55.4 Å². The first-order valence-corrected chi connectivity index (χ1v) is 14.7. The molecule has 2 aromatic rings. The third-order valence-corrected chi connectivity index (χ3v) is 9.00. The van der Waals surface area contributed by atoms with E-state index in [2.05, 4.69) is 5.32 Å². The van der Waals surface area contributed by atoms with Crippen LogP contribution in [-0.4, -0.2) is 74.0 Å². The highest BCUT2D eigenvalue weighted by Crippen LogP contribution is 2.33. The van der Waals surface area contributed by atoms with Gasteiger partial charge >= 0.3 is 6.09 Å². The maximum atomic E-state index is 13.6. The quantitative estimate of drug-likeness (QED) is 0.190. The average Bonchev–Trinajstić information content (AvgIpc) is 3.49. The highest BCUT2D eigenvalue weighted by Gasteiger charge is 2.50. The Balaban J connectivity index is 1.61. The predicted octanol–water partition coefficient (Wildman–Crippen LogP) is 0.948. The van der Waals surface area contributed by atoms with Crippen LogP contribution in [0.3, 0.4) is 0 Å². The monoisotopic (exact) mass is 577 g/mol. The first-order chi connectivity index (χ1) is 18.8. The second-order valence-electron chi connectivity index (χ2n) is 10.9. The minimum atomic E-state index is -4.13. The van der Waals surface area contributed by atoms with E-state index in [1.165, 1.54) is 24.3 Å².